The molecule has 128 valence electrons. The molecular weight excluding hydrogens is 316 g/mol. The topological polar surface area (TPSA) is 126 Å². The van der Waals surface area contributed by atoms with E-state index in [9.17, 15) is 9.90 Å². The van der Waals surface area contributed by atoms with Crippen molar-refractivity contribution in [3.05, 3.63) is 46.3 Å². The van der Waals surface area contributed by atoms with Crippen molar-refractivity contribution in [1.29, 1.82) is 0 Å². The van der Waals surface area contributed by atoms with Crippen LogP contribution >= 0.6 is 0 Å². The van der Waals surface area contributed by atoms with Gasteiger partial charge in [-0.25, -0.2) is 0 Å². The van der Waals surface area contributed by atoms with Gasteiger partial charge in [0.05, 0.1) is 12.6 Å². The molecule has 1 aromatic rings. The van der Waals surface area contributed by atoms with Crippen molar-refractivity contribution in [3.63, 3.8) is 0 Å². The van der Waals surface area contributed by atoms with E-state index in [1.807, 2.05) is 30.3 Å². The van der Waals surface area contributed by atoms with Crippen LogP contribution in [0.5, 0.6) is 0 Å². The Balaban J connectivity index is 1.79. The first-order chi connectivity index (χ1) is 11.6. The van der Waals surface area contributed by atoms with Crippen LogP contribution in [0, 0.1) is 0 Å². The average molecular weight is 334 g/mol. The Morgan fingerprint density at radius 1 is 1.38 bits per heavy atom. The number of rotatable bonds is 3. The second-order valence-corrected chi connectivity index (χ2v) is 5.66. The maximum Gasteiger partial charge on any atom is 0.217 e. The van der Waals surface area contributed by atoms with E-state index >= 15 is 0 Å². The third-order valence-corrected chi connectivity index (χ3v) is 3.99. The molecule has 0 aliphatic carbocycles. The molecule has 2 aliphatic heterocycles. The number of benzene rings is 1. The van der Waals surface area contributed by atoms with Crippen molar-refractivity contribution in [1.82, 2.24) is 5.32 Å². The number of nitrogens with zero attached hydrogens (tertiary/aromatic N) is 3. The van der Waals surface area contributed by atoms with Crippen LogP contribution < -0.4 is 5.32 Å². The predicted molar refractivity (Wildman–Crippen MR) is 81.4 cm³/mol. The minimum atomic E-state index is -1.10. The van der Waals surface area contributed by atoms with Gasteiger partial charge in [0, 0.05) is 17.4 Å². The molecule has 24 heavy (non-hydrogen) atoms. The molecule has 0 bridgehead atoms. The minimum Gasteiger partial charge on any atom is -0.388 e. The van der Waals surface area contributed by atoms with E-state index < -0.39 is 36.9 Å². The molecule has 0 aromatic heterocycles. The molecule has 0 radical (unpaired) electrons. The zero-order chi connectivity index (χ0) is 17.1. The monoisotopic (exact) mass is 334 g/mol. The molecule has 0 saturated carbocycles. The van der Waals surface area contributed by atoms with Gasteiger partial charge in [-0.1, -0.05) is 35.4 Å². The predicted octanol–water partition coefficient (Wildman–Crippen LogP) is 1.00. The fourth-order valence-electron chi connectivity index (χ4n) is 2.93. The summed E-state index contributed by atoms with van der Waals surface area (Å²) in [5, 5.41) is 16.7. The van der Waals surface area contributed by atoms with E-state index in [1.54, 1.807) is 0 Å². The summed E-state index contributed by atoms with van der Waals surface area (Å²) >= 11 is 0. The molecule has 2 N–H and O–H groups in total. The number of fused-ring (bicyclic) bond motifs is 1. The second-order valence-electron chi connectivity index (χ2n) is 5.66. The number of aliphatic hydroxyl groups excluding tert-OH is 1. The van der Waals surface area contributed by atoms with Crippen molar-refractivity contribution >= 4 is 5.91 Å². The van der Waals surface area contributed by atoms with E-state index in [2.05, 4.69) is 15.3 Å². The van der Waals surface area contributed by atoms with Gasteiger partial charge in [0.15, 0.2) is 12.5 Å². The van der Waals surface area contributed by atoms with Crippen molar-refractivity contribution < 1.29 is 24.1 Å². The average Bonchev–Trinajstić information content (AvgIpc) is 2.59. The third kappa shape index (κ3) is 3.35. The molecule has 3 rings (SSSR count). The Bertz CT molecular complexity index is 636. The molecular formula is C15H18N4O5. The fourth-order valence-corrected chi connectivity index (χ4v) is 2.93. The maximum atomic E-state index is 11.4. The van der Waals surface area contributed by atoms with Crippen molar-refractivity contribution in [3.8, 4) is 0 Å². The SMILES string of the molecule is CC(=O)N[C@@H]1[C@@H](O)[C@@H]2O[C@@H](c3ccccc3)OC[C@H]2O[C@@H]1N=[N+]=[N-]. The van der Waals surface area contributed by atoms with Gasteiger partial charge in [-0.2, -0.15) is 0 Å². The van der Waals surface area contributed by atoms with Crippen LogP contribution in [0.25, 0.3) is 10.4 Å². The maximum absolute atomic E-state index is 11.4. The van der Waals surface area contributed by atoms with Gasteiger partial charge in [0.25, 0.3) is 0 Å². The zero-order valence-corrected chi connectivity index (χ0v) is 13.0. The molecule has 2 saturated heterocycles. The molecule has 2 heterocycles. The van der Waals surface area contributed by atoms with Crippen molar-refractivity contribution in [2.24, 2.45) is 5.11 Å². The number of hydrogen-bond acceptors (Lipinski definition) is 6. The summed E-state index contributed by atoms with van der Waals surface area (Å²) in [4.78, 5) is 14.1. The highest BCUT2D eigenvalue weighted by molar-refractivity contribution is 5.73. The first-order valence-corrected chi connectivity index (χ1v) is 7.57. The van der Waals surface area contributed by atoms with E-state index in [-0.39, 0.29) is 12.5 Å². The summed E-state index contributed by atoms with van der Waals surface area (Å²) in [5.41, 5.74) is 9.48. The third-order valence-electron chi connectivity index (χ3n) is 3.99. The van der Waals surface area contributed by atoms with E-state index in [0.717, 1.165) is 5.56 Å². The van der Waals surface area contributed by atoms with Crippen molar-refractivity contribution in [2.75, 3.05) is 6.61 Å². The first kappa shape index (κ1) is 16.7. The zero-order valence-electron chi connectivity index (χ0n) is 13.0. The lowest BCUT2D eigenvalue weighted by Crippen LogP contribution is -2.65. The molecule has 0 spiro atoms. The lowest BCUT2D eigenvalue weighted by Gasteiger charge is -2.47. The van der Waals surface area contributed by atoms with Crippen LogP contribution in [-0.2, 0) is 19.0 Å². The summed E-state index contributed by atoms with van der Waals surface area (Å²) in [6.07, 6.45) is -4.08. The number of ether oxygens (including phenoxy) is 3. The molecule has 9 nitrogen and oxygen atoms in total. The smallest absolute Gasteiger partial charge is 0.217 e. The second kappa shape index (κ2) is 7.16. The number of aliphatic hydroxyl groups is 1. The summed E-state index contributed by atoms with van der Waals surface area (Å²) < 4.78 is 17.1. The number of azide groups is 1. The van der Waals surface area contributed by atoms with Crippen LogP contribution in [0.4, 0.5) is 0 Å². The lowest BCUT2D eigenvalue weighted by molar-refractivity contribution is -0.314. The fraction of sp³-hybridized carbons (Fsp3) is 0.533. The number of amides is 1. The van der Waals surface area contributed by atoms with Crippen LogP contribution in [0.15, 0.2) is 35.4 Å². The van der Waals surface area contributed by atoms with Crippen molar-refractivity contribution in [2.45, 2.75) is 43.8 Å². The molecule has 9 heteroatoms. The molecule has 2 aliphatic rings. The van der Waals surface area contributed by atoms with Crippen LogP contribution in [0.3, 0.4) is 0 Å². The highest BCUT2D eigenvalue weighted by atomic mass is 16.7. The highest BCUT2D eigenvalue weighted by Gasteiger charge is 2.49. The van der Waals surface area contributed by atoms with E-state index in [4.69, 9.17) is 19.7 Å². The summed E-state index contributed by atoms with van der Waals surface area (Å²) in [6, 6.07) is 8.42. The Morgan fingerprint density at radius 2 is 2.12 bits per heavy atom. The van der Waals surface area contributed by atoms with Gasteiger partial charge in [-0.15, -0.1) is 0 Å². The van der Waals surface area contributed by atoms with Gasteiger partial charge in [0.2, 0.25) is 5.91 Å². The van der Waals surface area contributed by atoms with Gasteiger partial charge in [-0.3, -0.25) is 4.79 Å². The summed E-state index contributed by atoms with van der Waals surface area (Å²) in [5.74, 6) is -0.370. The molecule has 1 amide bonds. The molecule has 0 unspecified atom stereocenters. The molecule has 2 fully saturated rings. The van der Waals surface area contributed by atoms with Gasteiger partial charge >= 0.3 is 0 Å². The Kier molecular flexibility index (Phi) is 4.98. The van der Waals surface area contributed by atoms with Gasteiger partial charge < -0.3 is 24.6 Å². The van der Waals surface area contributed by atoms with Gasteiger partial charge in [-0.05, 0) is 5.53 Å². The quantitative estimate of drug-likeness (QED) is 0.484. The molecule has 1 aromatic carbocycles. The van der Waals surface area contributed by atoms with E-state index in [1.165, 1.54) is 6.92 Å². The summed E-state index contributed by atoms with van der Waals surface area (Å²) in [7, 11) is 0. The standard InChI is InChI=1S/C15H18N4O5/c1-8(20)17-11-12(21)13-10(23-14(11)18-19-16)7-22-15(24-13)9-5-3-2-4-6-9/h2-6,10-15,21H,7H2,1H3,(H,17,20)/t10-,11-,12-,13-,14+,15+/m1/s1. The Hall–Kier alpha value is -2.16. The normalized spacial score (nSPS) is 35.4. The van der Waals surface area contributed by atoms with Gasteiger partial charge in [0.1, 0.15) is 18.3 Å². The number of hydrogen-bond donors (Lipinski definition) is 2. The van der Waals surface area contributed by atoms with Crippen LogP contribution in [0.1, 0.15) is 18.8 Å². The van der Waals surface area contributed by atoms with Crippen LogP contribution in [0.2, 0.25) is 0 Å². The number of carbonyl (C=O) groups is 1. The number of carbonyl (C=O) groups excluding carboxylic acids is 1. The first-order valence-electron chi connectivity index (χ1n) is 7.57. The largest absolute Gasteiger partial charge is 0.388 e. The highest BCUT2D eigenvalue weighted by Crippen LogP contribution is 2.34. The van der Waals surface area contributed by atoms with E-state index in [0.29, 0.717) is 0 Å². The number of nitrogens with one attached hydrogen (secondary N) is 1. The Labute approximate surface area is 138 Å². The lowest BCUT2D eigenvalue weighted by atomic mass is 9.95. The minimum absolute atomic E-state index is 0.172. The molecule has 6 atom stereocenters. The Morgan fingerprint density at radius 3 is 2.79 bits per heavy atom. The van der Waals surface area contributed by atoms with Crippen LogP contribution in [-0.4, -0.2) is 48.2 Å². The summed E-state index contributed by atoms with van der Waals surface area (Å²) in [6.45, 7) is 1.48.